The van der Waals surface area contributed by atoms with Gasteiger partial charge in [0, 0.05) is 14.1 Å². The number of rotatable bonds is 5. The zero-order valence-corrected chi connectivity index (χ0v) is 19.2. The van der Waals surface area contributed by atoms with E-state index >= 15 is 0 Å². The molecule has 1 aromatic carbocycles. The molecule has 2 aliphatic rings. The number of aryl methyl sites for hydroxylation is 1. The molecule has 2 fully saturated rings. The van der Waals surface area contributed by atoms with Crippen molar-refractivity contribution in [2.24, 2.45) is 5.92 Å². The molecule has 4 rings (SSSR count). The van der Waals surface area contributed by atoms with E-state index in [0.717, 1.165) is 9.91 Å². The molecule has 1 aromatic heterocycles. The maximum Gasteiger partial charge on any atom is 0.327 e. The molecule has 2 saturated heterocycles. The van der Waals surface area contributed by atoms with Gasteiger partial charge in [-0.15, -0.1) is 22.0 Å². The van der Waals surface area contributed by atoms with Crippen molar-refractivity contribution in [1.82, 2.24) is 30.6 Å². The first kappa shape index (κ1) is 22.6. The number of aromatic nitrogens is 2. The number of carbonyl (C=O) groups excluding carboxylic acids is 3. The van der Waals surface area contributed by atoms with Gasteiger partial charge in [-0.25, -0.2) is 9.18 Å². The number of thioether (sulfide) groups is 1. The van der Waals surface area contributed by atoms with Gasteiger partial charge in [0.1, 0.15) is 10.8 Å². The Morgan fingerprint density at radius 2 is 2.06 bits per heavy atom. The van der Waals surface area contributed by atoms with E-state index < -0.39 is 35.5 Å². The van der Waals surface area contributed by atoms with Crippen LogP contribution >= 0.6 is 23.1 Å². The van der Waals surface area contributed by atoms with E-state index in [1.807, 2.05) is 0 Å². The SMILES string of the molecule is Cc1nnc(NC(=O)CSC2NC(c3cccc(F)c3)NC3C2C(=O)N(C)C(=O)N3C)s1. The molecule has 10 nitrogen and oxygen atoms in total. The van der Waals surface area contributed by atoms with Gasteiger partial charge >= 0.3 is 6.03 Å². The van der Waals surface area contributed by atoms with Crippen LogP contribution in [0.5, 0.6) is 0 Å². The smallest absolute Gasteiger partial charge is 0.311 e. The van der Waals surface area contributed by atoms with Crippen molar-refractivity contribution in [2.45, 2.75) is 24.6 Å². The van der Waals surface area contributed by atoms with Crippen molar-refractivity contribution in [3.63, 3.8) is 0 Å². The number of amides is 4. The van der Waals surface area contributed by atoms with Crippen LogP contribution in [0.3, 0.4) is 0 Å². The number of halogens is 1. The fraction of sp³-hybridized carbons (Fsp3) is 0.421. The number of benzene rings is 1. The Morgan fingerprint density at radius 1 is 1.28 bits per heavy atom. The van der Waals surface area contributed by atoms with E-state index in [4.69, 9.17) is 0 Å². The lowest BCUT2D eigenvalue weighted by atomic mass is 9.96. The minimum absolute atomic E-state index is 0.0457. The van der Waals surface area contributed by atoms with Gasteiger partial charge in [-0.1, -0.05) is 23.5 Å². The van der Waals surface area contributed by atoms with Gasteiger partial charge in [0.25, 0.3) is 0 Å². The van der Waals surface area contributed by atoms with Crippen LogP contribution in [-0.2, 0) is 9.59 Å². The van der Waals surface area contributed by atoms with Crippen LogP contribution in [0.25, 0.3) is 0 Å². The average Bonchev–Trinajstić information content (AvgIpc) is 3.18. The Morgan fingerprint density at radius 3 is 2.75 bits per heavy atom. The lowest BCUT2D eigenvalue weighted by molar-refractivity contribution is -0.140. The molecule has 2 aliphatic heterocycles. The fourth-order valence-corrected chi connectivity index (χ4v) is 5.46. The third-order valence-electron chi connectivity index (χ3n) is 5.30. The first-order valence-electron chi connectivity index (χ1n) is 9.78. The Hall–Kier alpha value is -2.61. The van der Waals surface area contributed by atoms with Crippen LogP contribution < -0.4 is 16.0 Å². The van der Waals surface area contributed by atoms with Gasteiger partial charge in [-0.3, -0.25) is 30.4 Å². The van der Waals surface area contributed by atoms with Gasteiger partial charge in [0.05, 0.1) is 29.4 Å². The van der Waals surface area contributed by atoms with Gasteiger partial charge < -0.3 is 4.90 Å². The number of nitrogens with one attached hydrogen (secondary N) is 3. The fourth-order valence-electron chi connectivity index (χ4n) is 3.75. The number of anilines is 1. The minimum atomic E-state index is -0.644. The number of hydrogen-bond acceptors (Lipinski definition) is 9. The number of hydrogen-bond donors (Lipinski definition) is 3. The van der Waals surface area contributed by atoms with Gasteiger partial charge in [0.15, 0.2) is 0 Å². The molecule has 32 heavy (non-hydrogen) atoms. The zero-order chi connectivity index (χ0) is 23.0. The summed E-state index contributed by atoms with van der Waals surface area (Å²) < 4.78 is 13.8. The largest absolute Gasteiger partial charge is 0.327 e. The quantitative estimate of drug-likeness (QED) is 0.588. The van der Waals surface area contributed by atoms with Crippen molar-refractivity contribution < 1.29 is 18.8 Å². The standard InChI is InChI=1S/C19H22FN7O3S2/c1-9-24-25-18(32-9)21-12(28)8-31-16-13-15(26(2)19(30)27(3)17(13)29)22-14(23-16)10-5-4-6-11(20)7-10/h4-7,13-16,22-23H,8H2,1-3H3,(H,21,25,28). The van der Waals surface area contributed by atoms with Crippen molar-refractivity contribution in [1.29, 1.82) is 0 Å². The third kappa shape index (κ3) is 4.46. The molecule has 4 unspecified atom stereocenters. The number of urea groups is 1. The molecule has 2 aromatic rings. The molecule has 0 saturated carbocycles. The van der Waals surface area contributed by atoms with E-state index in [2.05, 4.69) is 26.1 Å². The van der Waals surface area contributed by atoms with E-state index in [1.165, 1.54) is 47.2 Å². The van der Waals surface area contributed by atoms with Crippen LogP contribution in [0, 0.1) is 18.7 Å². The van der Waals surface area contributed by atoms with Crippen molar-refractivity contribution >= 4 is 46.1 Å². The first-order chi connectivity index (χ1) is 15.2. The monoisotopic (exact) mass is 479 g/mol. The number of imide groups is 1. The summed E-state index contributed by atoms with van der Waals surface area (Å²) >= 11 is 2.51. The number of carbonyl (C=O) groups is 3. The van der Waals surface area contributed by atoms with Crippen LogP contribution in [0.4, 0.5) is 14.3 Å². The summed E-state index contributed by atoms with van der Waals surface area (Å²) in [5.41, 5.74) is 0.620. The topological polar surface area (TPSA) is 120 Å². The number of nitrogens with zero attached hydrogens (tertiary/aromatic N) is 4. The van der Waals surface area contributed by atoms with E-state index in [-0.39, 0.29) is 17.6 Å². The second-order valence-electron chi connectivity index (χ2n) is 7.49. The Kier molecular flexibility index (Phi) is 6.42. The van der Waals surface area contributed by atoms with Crippen LogP contribution in [-0.4, -0.2) is 69.2 Å². The van der Waals surface area contributed by atoms with Crippen LogP contribution in [0.1, 0.15) is 16.7 Å². The van der Waals surface area contributed by atoms with E-state index in [9.17, 15) is 18.8 Å². The third-order valence-corrected chi connectivity index (χ3v) is 7.28. The molecule has 13 heteroatoms. The van der Waals surface area contributed by atoms with Crippen LogP contribution in [0.2, 0.25) is 0 Å². The molecular formula is C19H22FN7O3S2. The molecular weight excluding hydrogens is 457 g/mol. The predicted octanol–water partition coefficient (Wildman–Crippen LogP) is 1.34. The van der Waals surface area contributed by atoms with Gasteiger partial charge in [-0.2, -0.15) is 0 Å². The Labute approximate surface area is 191 Å². The summed E-state index contributed by atoms with van der Waals surface area (Å²) in [4.78, 5) is 40.4. The zero-order valence-electron chi connectivity index (χ0n) is 17.5. The minimum Gasteiger partial charge on any atom is -0.311 e. The molecule has 4 atom stereocenters. The lowest BCUT2D eigenvalue weighted by Crippen LogP contribution is -2.72. The highest BCUT2D eigenvalue weighted by Gasteiger charge is 2.51. The predicted molar refractivity (Wildman–Crippen MR) is 118 cm³/mol. The van der Waals surface area contributed by atoms with E-state index in [0.29, 0.717) is 10.7 Å². The molecule has 0 radical (unpaired) electrons. The summed E-state index contributed by atoms with van der Waals surface area (Å²) in [7, 11) is 3.04. The molecule has 0 bridgehead atoms. The second kappa shape index (κ2) is 9.10. The Bertz CT molecular complexity index is 1050. The lowest BCUT2D eigenvalue weighted by Gasteiger charge is -2.50. The summed E-state index contributed by atoms with van der Waals surface area (Å²) in [6, 6.07) is 5.63. The Balaban J connectivity index is 1.54. The second-order valence-corrected chi connectivity index (χ2v) is 9.80. The maximum absolute atomic E-state index is 13.8. The summed E-state index contributed by atoms with van der Waals surface area (Å²) in [5.74, 6) is -1.63. The average molecular weight is 480 g/mol. The molecule has 0 spiro atoms. The highest BCUT2D eigenvalue weighted by Crippen LogP contribution is 2.34. The molecule has 170 valence electrons. The summed E-state index contributed by atoms with van der Waals surface area (Å²) in [5, 5.41) is 17.6. The highest BCUT2D eigenvalue weighted by molar-refractivity contribution is 8.00. The van der Waals surface area contributed by atoms with Gasteiger partial charge in [-0.05, 0) is 24.6 Å². The molecule has 3 N–H and O–H groups in total. The van der Waals surface area contributed by atoms with Gasteiger partial charge in [0.2, 0.25) is 16.9 Å². The van der Waals surface area contributed by atoms with Crippen molar-refractivity contribution in [2.75, 3.05) is 25.2 Å². The van der Waals surface area contributed by atoms with Crippen molar-refractivity contribution in [3.05, 3.63) is 40.7 Å². The highest BCUT2D eigenvalue weighted by atomic mass is 32.2. The summed E-state index contributed by atoms with van der Waals surface area (Å²) in [6.45, 7) is 1.79. The van der Waals surface area contributed by atoms with E-state index in [1.54, 1.807) is 26.1 Å². The summed E-state index contributed by atoms with van der Waals surface area (Å²) in [6.07, 6.45) is -1.14. The first-order valence-corrected chi connectivity index (χ1v) is 11.6. The maximum atomic E-state index is 13.8. The molecule has 0 aliphatic carbocycles. The van der Waals surface area contributed by atoms with Crippen LogP contribution in [0.15, 0.2) is 24.3 Å². The van der Waals surface area contributed by atoms with Crippen molar-refractivity contribution in [3.8, 4) is 0 Å². The molecule has 3 heterocycles. The normalized spacial score (nSPS) is 25.6. The number of fused-ring (bicyclic) bond motifs is 1. The molecule has 4 amide bonds.